The highest BCUT2D eigenvalue weighted by Crippen LogP contribution is 2.37. The van der Waals surface area contributed by atoms with Crippen LogP contribution in [-0.2, 0) is 21.2 Å². The topological polar surface area (TPSA) is 72.5 Å². The Hall–Kier alpha value is -2.34. The van der Waals surface area contributed by atoms with E-state index in [4.69, 9.17) is 4.74 Å². The maximum absolute atomic E-state index is 12.8. The van der Waals surface area contributed by atoms with Gasteiger partial charge in [0.15, 0.2) is 9.84 Å². The van der Waals surface area contributed by atoms with E-state index in [-0.39, 0.29) is 6.54 Å². The molecule has 0 bridgehead atoms. The summed E-state index contributed by atoms with van der Waals surface area (Å²) >= 11 is 0. The number of sulfone groups is 1. The Bertz CT molecular complexity index is 931. The molecule has 0 atom stereocenters. The number of para-hydroxylation sites is 2. The van der Waals surface area contributed by atoms with Crippen molar-refractivity contribution in [3.8, 4) is 11.5 Å². The van der Waals surface area contributed by atoms with Gasteiger partial charge in [0, 0.05) is 18.4 Å². The first-order chi connectivity index (χ1) is 12.8. The summed E-state index contributed by atoms with van der Waals surface area (Å²) in [7, 11) is -3.48. The van der Waals surface area contributed by atoms with Crippen molar-refractivity contribution >= 4 is 15.7 Å². The first-order valence-electron chi connectivity index (χ1n) is 9.13. The minimum absolute atomic E-state index is 0.220. The lowest BCUT2D eigenvalue weighted by Gasteiger charge is -2.25. The predicted molar refractivity (Wildman–Crippen MR) is 106 cm³/mol. The number of benzene rings is 2. The van der Waals surface area contributed by atoms with Crippen LogP contribution in [0.3, 0.4) is 0 Å². The summed E-state index contributed by atoms with van der Waals surface area (Å²) in [5.74, 6) is 0.986. The monoisotopic (exact) mass is 387 g/mol. The minimum atomic E-state index is -3.48. The Morgan fingerprint density at radius 1 is 1.04 bits per heavy atom. The highest BCUT2D eigenvalue weighted by atomic mass is 32.2. The molecule has 1 aliphatic carbocycles. The lowest BCUT2D eigenvalue weighted by atomic mass is 10.1. The van der Waals surface area contributed by atoms with E-state index in [1.165, 1.54) is 0 Å². The van der Waals surface area contributed by atoms with E-state index in [0.717, 1.165) is 36.0 Å². The number of hydrogen-bond acceptors (Lipinski definition) is 4. The second-order valence-corrected chi connectivity index (χ2v) is 9.46. The van der Waals surface area contributed by atoms with Gasteiger partial charge in [-0.2, -0.15) is 0 Å². The van der Waals surface area contributed by atoms with Crippen molar-refractivity contribution in [3.63, 3.8) is 0 Å². The summed E-state index contributed by atoms with van der Waals surface area (Å²) in [6.07, 6.45) is 3.45. The van der Waals surface area contributed by atoms with Gasteiger partial charge in [0.1, 0.15) is 16.2 Å². The largest absolute Gasteiger partial charge is 0.457 e. The fourth-order valence-electron chi connectivity index (χ4n) is 3.59. The average Bonchev–Trinajstić information content (AvgIpc) is 3.14. The van der Waals surface area contributed by atoms with Crippen molar-refractivity contribution in [1.29, 1.82) is 0 Å². The summed E-state index contributed by atoms with van der Waals surface area (Å²) in [4.78, 5) is 12.8. The normalized spacial score (nSPS) is 16.1. The molecule has 6 heteroatoms. The van der Waals surface area contributed by atoms with Crippen LogP contribution in [0.1, 0.15) is 36.8 Å². The van der Waals surface area contributed by atoms with Gasteiger partial charge in [-0.05, 0) is 37.5 Å². The van der Waals surface area contributed by atoms with Gasteiger partial charge in [0.2, 0.25) is 5.91 Å². The number of carbonyl (C=O) groups is 1. The molecule has 5 nitrogen and oxygen atoms in total. The van der Waals surface area contributed by atoms with Crippen LogP contribution in [-0.4, -0.2) is 25.3 Å². The van der Waals surface area contributed by atoms with Crippen molar-refractivity contribution in [2.24, 2.45) is 0 Å². The Morgan fingerprint density at radius 3 is 2.26 bits per heavy atom. The van der Waals surface area contributed by atoms with Crippen LogP contribution in [0.2, 0.25) is 0 Å². The molecule has 0 spiro atoms. The van der Waals surface area contributed by atoms with Gasteiger partial charge in [-0.1, -0.05) is 49.2 Å². The summed E-state index contributed by atoms with van der Waals surface area (Å²) in [5.41, 5.74) is 1.81. The van der Waals surface area contributed by atoms with E-state index in [9.17, 15) is 13.2 Å². The number of carbonyl (C=O) groups excluding carboxylic acids is 1. The summed E-state index contributed by atoms with van der Waals surface area (Å²) in [5, 5.41) is 2.83. The number of nitrogens with one attached hydrogen (secondary N) is 1. The molecule has 2 aromatic rings. The lowest BCUT2D eigenvalue weighted by molar-refractivity contribution is -0.123. The molecule has 3 rings (SSSR count). The van der Waals surface area contributed by atoms with Gasteiger partial charge in [0.25, 0.3) is 0 Å². The second kappa shape index (κ2) is 7.72. The van der Waals surface area contributed by atoms with Crippen molar-refractivity contribution in [2.75, 3.05) is 6.26 Å². The highest BCUT2D eigenvalue weighted by Gasteiger charge is 2.49. The van der Waals surface area contributed by atoms with E-state index < -0.39 is 20.5 Å². The molecule has 1 saturated carbocycles. The predicted octanol–water partition coefficient (Wildman–Crippen LogP) is 3.76. The third-order valence-corrected chi connectivity index (χ3v) is 7.27. The highest BCUT2D eigenvalue weighted by molar-refractivity contribution is 7.92. The van der Waals surface area contributed by atoms with Gasteiger partial charge in [-0.15, -0.1) is 0 Å². The number of hydrogen-bond donors (Lipinski definition) is 1. The zero-order chi connectivity index (χ0) is 19.5. The SMILES string of the molecule is Cc1ccccc1Oc1ccccc1CNC(=O)C1(S(C)(=O)=O)CCCC1. The average molecular weight is 388 g/mol. The Kier molecular flexibility index (Phi) is 5.56. The fraction of sp³-hybridized carbons (Fsp3) is 0.381. The van der Waals surface area contributed by atoms with Crippen LogP contribution in [0.5, 0.6) is 11.5 Å². The molecule has 1 N–H and O–H groups in total. The summed E-state index contributed by atoms with van der Waals surface area (Å²) in [6.45, 7) is 2.19. The molecule has 1 amide bonds. The maximum atomic E-state index is 12.8. The third-order valence-electron chi connectivity index (χ3n) is 5.26. The summed E-state index contributed by atoms with van der Waals surface area (Å²) in [6, 6.07) is 15.2. The molecular weight excluding hydrogens is 362 g/mol. The Labute approximate surface area is 160 Å². The third kappa shape index (κ3) is 4.00. The molecule has 27 heavy (non-hydrogen) atoms. The number of ether oxygens (including phenoxy) is 1. The van der Waals surface area contributed by atoms with Gasteiger partial charge in [-0.3, -0.25) is 4.79 Å². The van der Waals surface area contributed by atoms with Gasteiger partial charge < -0.3 is 10.1 Å². The first-order valence-corrected chi connectivity index (χ1v) is 11.0. The van der Waals surface area contributed by atoms with Crippen LogP contribution in [0.25, 0.3) is 0 Å². The molecule has 0 aromatic heterocycles. The van der Waals surface area contributed by atoms with E-state index in [1.54, 1.807) is 0 Å². The minimum Gasteiger partial charge on any atom is -0.457 e. The standard InChI is InChI=1S/C21H25NO4S/c1-16-9-3-5-11-18(16)26-19-12-6-4-10-17(19)15-22-20(23)21(27(2,24)25)13-7-8-14-21/h3-6,9-12H,7-8,13-15H2,1-2H3,(H,22,23). The molecule has 0 aliphatic heterocycles. The van der Waals surface area contributed by atoms with Crippen molar-refractivity contribution < 1.29 is 17.9 Å². The molecule has 1 fully saturated rings. The molecule has 0 heterocycles. The van der Waals surface area contributed by atoms with Crippen LogP contribution in [0.4, 0.5) is 0 Å². The fourth-order valence-corrected chi connectivity index (χ4v) is 5.03. The second-order valence-electron chi connectivity index (χ2n) is 7.13. The van der Waals surface area contributed by atoms with Crippen molar-refractivity contribution in [1.82, 2.24) is 5.32 Å². The van der Waals surface area contributed by atoms with Gasteiger partial charge in [0.05, 0.1) is 0 Å². The van der Waals surface area contributed by atoms with E-state index in [1.807, 2.05) is 55.5 Å². The smallest absolute Gasteiger partial charge is 0.241 e. The van der Waals surface area contributed by atoms with Crippen LogP contribution in [0.15, 0.2) is 48.5 Å². The molecule has 2 aromatic carbocycles. The van der Waals surface area contributed by atoms with E-state index >= 15 is 0 Å². The summed E-state index contributed by atoms with van der Waals surface area (Å²) < 4.78 is 29.3. The first kappa shape index (κ1) is 19.4. The molecule has 1 aliphatic rings. The van der Waals surface area contributed by atoms with E-state index in [0.29, 0.717) is 18.6 Å². The molecule has 144 valence electrons. The van der Waals surface area contributed by atoms with Crippen LogP contribution < -0.4 is 10.1 Å². The van der Waals surface area contributed by atoms with Crippen LogP contribution >= 0.6 is 0 Å². The Balaban J connectivity index is 1.77. The zero-order valence-electron chi connectivity index (χ0n) is 15.7. The molecule has 0 radical (unpaired) electrons. The lowest BCUT2D eigenvalue weighted by Crippen LogP contribution is -2.50. The molecule has 0 saturated heterocycles. The molecular formula is C21H25NO4S. The number of rotatable bonds is 6. The van der Waals surface area contributed by atoms with Crippen molar-refractivity contribution in [3.05, 3.63) is 59.7 Å². The molecule has 0 unspecified atom stereocenters. The van der Waals surface area contributed by atoms with Gasteiger partial charge >= 0.3 is 0 Å². The Morgan fingerprint density at radius 2 is 1.63 bits per heavy atom. The van der Waals surface area contributed by atoms with E-state index in [2.05, 4.69) is 5.32 Å². The zero-order valence-corrected chi connectivity index (χ0v) is 16.5. The van der Waals surface area contributed by atoms with Crippen LogP contribution in [0, 0.1) is 6.92 Å². The van der Waals surface area contributed by atoms with Crippen molar-refractivity contribution in [2.45, 2.75) is 43.9 Å². The quantitative estimate of drug-likeness (QED) is 0.819. The number of aryl methyl sites for hydroxylation is 1. The van der Waals surface area contributed by atoms with Gasteiger partial charge in [-0.25, -0.2) is 8.42 Å². The maximum Gasteiger partial charge on any atom is 0.241 e. The number of amides is 1.